The highest BCUT2D eigenvalue weighted by atomic mass is 32.2. The Balaban J connectivity index is 1.89. The van der Waals surface area contributed by atoms with Crippen LogP contribution in [0.5, 0.6) is 0 Å². The number of imidazole rings is 1. The van der Waals surface area contributed by atoms with E-state index in [1.165, 1.54) is 12.1 Å². The van der Waals surface area contributed by atoms with Crippen molar-refractivity contribution >= 4 is 32.7 Å². The van der Waals surface area contributed by atoms with E-state index in [2.05, 4.69) is 40.8 Å². The molecule has 1 heterocycles. The molecule has 3 aromatic rings. The second-order valence-electron chi connectivity index (χ2n) is 8.77. The zero-order valence-electron chi connectivity index (χ0n) is 18.1. The van der Waals surface area contributed by atoms with Gasteiger partial charge in [0.05, 0.1) is 15.9 Å². The van der Waals surface area contributed by atoms with E-state index in [9.17, 15) is 13.2 Å². The smallest absolute Gasteiger partial charge is 0.255 e. The van der Waals surface area contributed by atoms with Gasteiger partial charge in [0.1, 0.15) is 5.82 Å². The summed E-state index contributed by atoms with van der Waals surface area (Å²) in [5.74, 6) is 0.497. The quantitative estimate of drug-likeness (QED) is 0.569. The minimum atomic E-state index is -3.69. The van der Waals surface area contributed by atoms with Crippen LogP contribution in [-0.2, 0) is 15.4 Å². The van der Waals surface area contributed by atoms with Crippen molar-refractivity contribution in [1.29, 1.82) is 0 Å². The summed E-state index contributed by atoms with van der Waals surface area (Å²) in [7, 11) is -3.69. The van der Waals surface area contributed by atoms with E-state index in [0.29, 0.717) is 16.8 Å². The normalized spacial score (nSPS) is 12.5. The molecule has 0 saturated carbocycles. The summed E-state index contributed by atoms with van der Waals surface area (Å²) in [5.41, 5.74) is 3.13. The number of aromatic amines is 1. The maximum atomic E-state index is 12.9. The summed E-state index contributed by atoms with van der Waals surface area (Å²) < 4.78 is 27.5. The molecular weight excluding hydrogens is 400 g/mol. The molecule has 0 fully saturated rings. The van der Waals surface area contributed by atoms with Crippen LogP contribution in [0, 0.1) is 6.92 Å². The second kappa shape index (κ2) is 7.85. The Morgan fingerprint density at radius 1 is 1.10 bits per heavy atom. The third-order valence-electron chi connectivity index (χ3n) is 4.60. The van der Waals surface area contributed by atoms with Crippen LogP contribution in [0.25, 0.3) is 11.0 Å². The molecule has 0 saturated heterocycles. The molecule has 30 heavy (non-hydrogen) atoms. The van der Waals surface area contributed by atoms with E-state index in [1.54, 1.807) is 32.9 Å². The molecule has 160 valence electrons. The highest BCUT2D eigenvalue weighted by Crippen LogP contribution is 2.25. The number of hydrogen-bond donors (Lipinski definition) is 3. The Morgan fingerprint density at radius 2 is 1.80 bits per heavy atom. The van der Waals surface area contributed by atoms with Crippen LogP contribution in [0.3, 0.4) is 0 Å². The van der Waals surface area contributed by atoms with Crippen molar-refractivity contribution in [2.24, 2.45) is 0 Å². The largest absolute Gasteiger partial charge is 0.341 e. The van der Waals surface area contributed by atoms with Crippen molar-refractivity contribution in [3.8, 4) is 0 Å². The SMILES string of the molecule is Cc1ccc(S(=O)(=O)NC(C)C)cc1C(=O)Nc1ccc2nc(C(C)(C)C)[nH]c2c1. The van der Waals surface area contributed by atoms with Crippen LogP contribution in [-0.4, -0.2) is 30.3 Å². The average molecular weight is 429 g/mol. The van der Waals surface area contributed by atoms with Gasteiger partial charge in [-0.15, -0.1) is 0 Å². The number of nitrogens with one attached hydrogen (secondary N) is 3. The number of carbonyl (C=O) groups is 1. The standard InChI is InChI=1S/C22H28N4O3S/c1-13(2)26-30(28,29)16-9-7-14(3)17(12-16)20(27)23-15-8-10-18-19(11-15)25-21(24-18)22(4,5)6/h7-13,26H,1-6H3,(H,23,27)(H,24,25). The molecule has 0 unspecified atom stereocenters. The number of amides is 1. The maximum Gasteiger partial charge on any atom is 0.255 e. The lowest BCUT2D eigenvalue weighted by Gasteiger charge is -2.13. The molecule has 8 heteroatoms. The van der Waals surface area contributed by atoms with Gasteiger partial charge in [0.2, 0.25) is 10.0 Å². The van der Waals surface area contributed by atoms with Crippen LogP contribution < -0.4 is 10.0 Å². The number of aryl methyl sites for hydroxylation is 1. The number of anilines is 1. The Morgan fingerprint density at radius 3 is 2.43 bits per heavy atom. The number of fused-ring (bicyclic) bond motifs is 1. The Kier molecular flexibility index (Phi) is 5.75. The predicted molar refractivity (Wildman–Crippen MR) is 119 cm³/mol. The molecule has 0 aliphatic carbocycles. The number of nitrogens with zero attached hydrogens (tertiary/aromatic N) is 1. The number of aromatic nitrogens is 2. The van der Waals surface area contributed by atoms with Crippen molar-refractivity contribution in [1.82, 2.24) is 14.7 Å². The first kappa shape index (κ1) is 22.0. The molecule has 0 radical (unpaired) electrons. The van der Waals surface area contributed by atoms with Gasteiger partial charge in [0, 0.05) is 22.7 Å². The van der Waals surface area contributed by atoms with Crippen molar-refractivity contribution in [2.75, 3.05) is 5.32 Å². The molecule has 2 aromatic carbocycles. The number of sulfonamides is 1. The topological polar surface area (TPSA) is 104 Å². The molecular formula is C22H28N4O3S. The van der Waals surface area contributed by atoms with Gasteiger partial charge >= 0.3 is 0 Å². The van der Waals surface area contributed by atoms with E-state index < -0.39 is 10.0 Å². The van der Waals surface area contributed by atoms with E-state index in [-0.39, 0.29) is 22.3 Å². The molecule has 0 bridgehead atoms. The number of H-pyrrole nitrogens is 1. The maximum absolute atomic E-state index is 12.9. The molecule has 3 N–H and O–H groups in total. The molecule has 0 aliphatic rings. The minimum absolute atomic E-state index is 0.0609. The molecule has 7 nitrogen and oxygen atoms in total. The summed E-state index contributed by atoms with van der Waals surface area (Å²) >= 11 is 0. The molecule has 3 rings (SSSR count). The van der Waals surface area contributed by atoms with E-state index in [1.807, 2.05) is 12.1 Å². The zero-order valence-corrected chi connectivity index (χ0v) is 18.9. The van der Waals surface area contributed by atoms with E-state index >= 15 is 0 Å². The monoisotopic (exact) mass is 428 g/mol. The van der Waals surface area contributed by atoms with Gasteiger partial charge < -0.3 is 10.3 Å². The molecule has 1 aromatic heterocycles. The second-order valence-corrected chi connectivity index (χ2v) is 10.5. The van der Waals surface area contributed by atoms with Crippen molar-refractivity contribution in [3.63, 3.8) is 0 Å². The lowest BCUT2D eigenvalue weighted by Crippen LogP contribution is -2.30. The summed E-state index contributed by atoms with van der Waals surface area (Å²) in [5, 5.41) is 2.86. The van der Waals surface area contributed by atoms with Crippen LogP contribution in [0.1, 0.15) is 56.4 Å². The Hall–Kier alpha value is -2.71. The third-order valence-corrected chi connectivity index (χ3v) is 6.26. The first-order chi connectivity index (χ1) is 13.9. The predicted octanol–water partition coefficient (Wildman–Crippen LogP) is 4.11. The van der Waals surface area contributed by atoms with Crippen LogP contribution in [0.2, 0.25) is 0 Å². The first-order valence-electron chi connectivity index (χ1n) is 9.81. The molecule has 0 atom stereocenters. The lowest BCUT2D eigenvalue weighted by molar-refractivity contribution is 0.102. The molecule has 0 aliphatic heterocycles. The van der Waals surface area contributed by atoms with E-state index in [4.69, 9.17) is 0 Å². The fourth-order valence-corrected chi connectivity index (χ4v) is 4.31. The average Bonchev–Trinajstić information content (AvgIpc) is 3.04. The van der Waals surface area contributed by atoms with Gasteiger partial charge in [-0.2, -0.15) is 0 Å². The summed E-state index contributed by atoms with van der Waals surface area (Å²) in [4.78, 5) is 20.8. The Bertz CT molecular complexity index is 1200. The first-order valence-corrected chi connectivity index (χ1v) is 11.3. The molecule has 0 spiro atoms. The van der Waals surface area contributed by atoms with Crippen molar-refractivity contribution in [2.45, 2.75) is 57.9 Å². The van der Waals surface area contributed by atoms with Gasteiger partial charge in [-0.1, -0.05) is 26.8 Å². The summed E-state index contributed by atoms with van der Waals surface area (Å²) in [6.07, 6.45) is 0. The summed E-state index contributed by atoms with van der Waals surface area (Å²) in [6, 6.07) is 9.75. The van der Waals surface area contributed by atoms with E-state index in [0.717, 1.165) is 16.9 Å². The minimum Gasteiger partial charge on any atom is -0.341 e. The fourth-order valence-electron chi connectivity index (χ4n) is 3.03. The highest BCUT2D eigenvalue weighted by molar-refractivity contribution is 7.89. The number of benzene rings is 2. The van der Waals surface area contributed by atoms with Gasteiger partial charge in [-0.25, -0.2) is 18.1 Å². The molecule has 1 amide bonds. The van der Waals surface area contributed by atoms with Crippen molar-refractivity contribution < 1.29 is 13.2 Å². The van der Waals surface area contributed by atoms with Crippen LogP contribution >= 0.6 is 0 Å². The number of carbonyl (C=O) groups excluding carboxylic acids is 1. The zero-order chi connectivity index (χ0) is 22.3. The fraction of sp³-hybridized carbons (Fsp3) is 0.364. The van der Waals surface area contributed by atoms with Gasteiger partial charge in [-0.05, 0) is 56.7 Å². The highest BCUT2D eigenvalue weighted by Gasteiger charge is 2.20. The van der Waals surface area contributed by atoms with Gasteiger partial charge in [0.15, 0.2) is 0 Å². The number of hydrogen-bond acceptors (Lipinski definition) is 4. The van der Waals surface area contributed by atoms with Crippen LogP contribution in [0.4, 0.5) is 5.69 Å². The van der Waals surface area contributed by atoms with Gasteiger partial charge in [0.25, 0.3) is 5.91 Å². The number of rotatable bonds is 5. The third kappa shape index (κ3) is 4.71. The van der Waals surface area contributed by atoms with Gasteiger partial charge in [-0.3, -0.25) is 4.79 Å². The lowest BCUT2D eigenvalue weighted by atomic mass is 9.96. The van der Waals surface area contributed by atoms with Crippen molar-refractivity contribution in [3.05, 3.63) is 53.3 Å². The Labute approximate surface area is 177 Å². The van der Waals surface area contributed by atoms with Crippen LogP contribution in [0.15, 0.2) is 41.3 Å². The summed E-state index contributed by atoms with van der Waals surface area (Å²) in [6.45, 7) is 11.5.